The molecule has 0 spiro atoms. The fourth-order valence-electron chi connectivity index (χ4n) is 18.9. The van der Waals surface area contributed by atoms with Gasteiger partial charge in [-0.15, -0.1) is 0 Å². The van der Waals surface area contributed by atoms with E-state index in [0.29, 0.717) is 38.9 Å². The molecule has 0 saturated heterocycles. The van der Waals surface area contributed by atoms with Crippen molar-refractivity contribution >= 4 is 8.60 Å². The Morgan fingerprint density at radius 3 is 0.509 bits per heavy atom. The summed E-state index contributed by atoms with van der Waals surface area (Å²) >= 11 is 0. The van der Waals surface area contributed by atoms with E-state index in [1.54, 1.807) is 0 Å². The Kier molecular flexibility index (Phi) is 27.1. The molecule has 7 aromatic carbocycles. The van der Waals surface area contributed by atoms with E-state index < -0.39 is 113 Å². The van der Waals surface area contributed by atoms with Crippen LogP contribution in [0.3, 0.4) is 0 Å². The van der Waals surface area contributed by atoms with Crippen LogP contribution in [0.2, 0.25) is 0 Å². The second kappa shape index (κ2) is 31.5. The van der Waals surface area contributed by atoms with Crippen molar-refractivity contribution in [1.29, 1.82) is 0 Å². The highest BCUT2D eigenvalue weighted by Gasteiger charge is 2.82. The summed E-state index contributed by atoms with van der Waals surface area (Å²) in [5.74, 6) is 0. The second-order valence-corrected chi connectivity index (χ2v) is 50.4. The quantitative estimate of drug-likeness (QED) is 0.0640. The zero-order chi connectivity index (χ0) is 90.5. The Labute approximate surface area is 710 Å². The van der Waals surface area contributed by atoms with Gasteiger partial charge in [-0.25, -0.2) is 0 Å². The zero-order valence-corrected chi connectivity index (χ0v) is 83.3. The molecule has 0 heterocycles. The van der Waals surface area contributed by atoms with Crippen molar-refractivity contribution in [3.8, 4) is 0 Å². The molecule has 7 N–H and O–H groups in total. The molecule has 7 rings (SSSR count). The van der Waals surface area contributed by atoms with Gasteiger partial charge in [-0.3, -0.25) is 0 Å². The molecular weight excluding hydrogens is 1440 g/mol. The smallest absolute Gasteiger partial charge is 0.324 e. The summed E-state index contributed by atoms with van der Waals surface area (Å²) in [7, 11) is -2.62. The van der Waals surface area contributed by atoms with Crippen LogP contribution in [0.5, 0.6) is 0 Å². The molecule has 0 amide bonds. The Hall–Kier alpha value is -5.31. The molecule has 0 fully saturated rings. The summed E-state index contributed by atoms with van der Waals surface area (Å²) < 4.78 is 0. The van der Waals surface area contributed by atoms with Crippen LogP contribution in [0.1, 0.15) is 442 Å². The van der Waals surface area contributed by atoms with E-state index in [-0.39, 0.29) is 0 Å². The molecule has 116 heavy (non-hydrogen) atoms. The number of benzene rings is 7. The third kappa shape index (κ3) is 19.0. The van der Waals surface area contributed by atoms with Crippen LogP contribution in [-0.2, 0) is 92.6 Å². The van der Waals surface area contributed by atoms with Crippen LogP contribution in [0.25, 0.3) is 0 Å². The number of hydrogen-bond donors (Lipinski definition) is 7. The first-order chi connectivity index (χ1) is 51.3. The number of aliphatic hydroxyl groups excluding tert-OH is 1. The SMILES string of the molecule is Cc1cc(C(C)(C)C)c(C(O)C(C(O)(c2ccc(C(C)(C)C)cc2C(C)(C)C)c2ccc(C(C)(C)C)cc2C(C)(C)C)(C(O)(c2c(C(C)(C)C)cc(C)cc2C(C)(C)C)c2c(C(C)(C)C)cc(C)cc2C(C)(C)C)C(O)(c2c(C(C)(C)C)cc(C)cc2C(C)(C)C)c2c(C(C)(C)C)cc(C)cc2C(C)(C)C)c(C(C)(C)C)c1.OP(O)O. The van der Waals surface area contributed by atoms with Gasteiger partial charge in [0.1, 0.15) is 22.2 Å². The minimum Gasteiger partial charge on any atom is -0.387 e. The van der Waals surface area contributed by atoms with E-state index in [1.165, 1.54) is 0 Å². The maximum Gasteiger partial charge on any atom is 0.324 e. The highest BCUT2D eigenvalue weighted by atomic mass is 31.2. The summed E-state index contributed by atoms with van der Waals surface area (Å²) in [6.45, 7) is 107. The summed E-state index contributed by atoms with van der Waals surface area (Å²) in [6, 6.07) is 36.7. The minimum atomic E-state index is -3.01. The van der Waals surface area contributed by atoms with E-state index in [4.69, 9.17) is 14.7 Å². The van der Waals surface area contributed by atoms with Crippen LogP contribution in [-0.4, -0.2) is 35.1 Å². The fraction of sp³-hybridized carbons (Fsp3) is 0.611. The molecule has 8 heteroatoms. The number of rotatable bonds is 11. The highest BCUT2D eigenvalue weighted by Crippen LogP contribution is 2.77. The summed E-state index contributed by atoms with van der Waals surface area (Å²) in [6.07, 6.45) is -2.13. The van der Waals surface area contributed by atoms with Gasteiger partial charge in [-0.2, -0.15) is 0 Å². The van der Waals surface area contributed by atoms with Crippen LogP contribution in [0.15, 0.2) is 97.1 Å². The second-order valence-electron chi connectivity index (χ2n) is 49.8. The average molecular weight is 1610 g/mol. The van der Waals surface area contributed by atoms with E-state index in [1.807, 2.05) is 0 Å². The molecule has 0 radical (unpaired) electrons. The van der Waals surface area contributed by atoms with E-state index >= 15 is 20.4 Å². The molecule has 0 aliphatic heterocycles. The Balaban J connectivity index is 0.00000510. The lowest BCUT2D eigenvalue weighted by Crippen LogP contribution is -2.74. The lowest BCUT2D eigenvalue weighted by Gasteiger charge is -2.68. The van der Waals surface area contributed by atoms with Crippen molar-refractivity contribution in [2.45, 2.75) is 424 Å². The summed E-state index contributed by atoms with van der Waals surface area (Å²) in [5, 5.41) is 77.4. The van der Waals surface area contributed by atoms with Gasteiger partial charge in [-0.05, 0) is 227 Å². The third-order valence-electron chi connectivity index (χ3n) is 24.5. The molecule has 644 valence electrons. The third-order valence-corrected chi connectivity index (χ3v) is 24.5. The topological polar surface area (TPSA) is 142 Å². The standard InChI is InChI=1S/C108H162O4.H3O3P/c1-64-52-75(95(18,19)20)85(76(53-64)96(21,22)23)90(109)108(105(110,71-50-48-69(91(6,7)8)62-73(71)93(12,13)14)72-51-49-70(92(9,10)11)63-74(72)94(15,16)17,106(111,86-77(97(24,25)26)54-65(2)55-78(86)98(27,28)29)87-79(99(30,31)32)56-66(3)57-80(87)100(33,34)35)107(112,88-81(101(36,37)38)58-67(4)59-82(88)102(39,40)41)89-83(103(42,43)44)60-68(5)61-84(89)104(45,46)47;1-4(2)3/h48-63,90,109-112H,1-47H3;1-3H. The maximum atomic E-state index is 19.8. The Morgan fingerprint density at radius 1 is 0.207 bits per heavy atom. The Bertz CT molecular complexity index is 4160. The van der Waals surface area contributed by atoms with Gasteiger partial charge in [0, 0.05) is 0 Å². The number of hydrogen-bond acceptors (Lipinski definition) is 7. The highest BCUT2D eigenvalue weighted by molar-refractivity contribution is 7.38. The van der Waals surface area contributed by atoms with Gasteiger partial charge >= 0.3 is 8.60 Å². The lowest BCUT2D eigenvalue weighted by atomic mass is 9.37. The van der Waals surface area contributed by atoms with E-state index in [2.05, 4.69) is 422 Å². The molecule has 1 atom stereocenters. The van der Waals surface area contributed by atoms with Crippen molar-refractivity contribution in [2.75, 3.05) is 0 Å². The molecule has 7 nitrogen and oxygen atoms in total. The molecular formula is C108H165O7P. The minimum absolute atomic E-state index is 0.419. The predicted octanol–water partition coefficient (Wildman–Crippen LogP) is 27.4. The van der Waals surface area contributed by atoms with Gasteiger partial charge < -0.3 is 35.1 Å². The monoisotopic (exact) mass is 1610 g/mol. The fourth-order valence-corrected chi connectivity index (χ4v) is 18.9. The van der Waals surface area contributed by atoms with E-state index in [9.17, 15) is 0 Å². The first-order valence-corrected chi connectivity index (χ1v) is 44.3. The Morgan fingerprint density at radius 2 is 0.362 bits per heavy atom. The first-order valence-electron chi connectivity index (χ1n) is 43.1. The average Bonchev–Trinajstić information content (AvgIpc) is 0.633. The van der Waals surface area contributed by atoms with Gasteiger partial charge in [0.25, 0.3) is 0 Å². The van der Waals surface area contributed by atoms with Gasteiger partial charge in [0.2, 0.25) is 0 Å². The molecule has 7 aromatic rings. The summed E-state index contributed by atoms with van der Waals surface area (Å²) in [5.41, 5.74) is -1.36. The lowest BCUT2D eigenvalue weighted by molar-refractivity contribution is -0.300. The van der Waals surface area contributed by atoms with Crippen molar-refractivity contribution < 1.29 is 35.1 Å². The van der Waals surface area contributed by atoms with Crippen molar-refractivity contribution in [3.63, 3.8) is 0 Å². The van der Waals surface area contributed by atoms with E-state index in [0.717, 1.165) is 106 Å². The molecule has 0 saturated carbocycles. The zero-order valence-electron chi connectivity index (χ0n) is 82.4. The largest absolute Gasteiger partial charge is 0.387 e. The molecule has 0 bridgehead atoms. The summed E-state index contributed by atoms with van der Waals surface area (Å²) in [4.78, 5) is 21.7. The molecule has 0 aliphatic carbocycles. The van der Waals surface area contributed by atoms with Gasteiger partial charge in [0.15, 0.2) is 0 Å². The predicted molar refractivity (Wildman–Crippen MR) is 501 cm³/mol. The normalized spacial score (nSPS) is 14.7. The molecule has 0 aliphatic rings. The van der Waals surface area contributed by atoms with Crippen molar-refractivity contribution in [2.24, 2.45) is 5.41 Å². The van der Waals surface area contributed by atoms with Crippen LogP contribution in [0.4, 0.5) is 0 Å². The van der Waals surface area contributed by atoms with Crippen LogP contribution < -0.4 is 0 Å². The number of aryl methyl sites for hydroxylation is 5. The maximum absolute atomic E-state index is 19.8. The van der Waals surface area contributed by atoms with Gasteiger partial charge in [-0.1, -0.05) is 416 Å². The van der Waals surface area contributed by atoms with Crippen molar-refractivity contribution in [3.05, 3.63) is 242 Å². The number of aliphatic hydroxyl groups is 4. The van der Waals surface area contributed by atoms with Crippen molar-refractivity contribution in [1.82, 2.24) is 0 Å². The van der Waals surface area contributed by atoms with Gasteiger partial charge in [0.05, 0.1) is 6.10 Å². The van der Waals surface area contributed by atoms with Crippen LogP contribution in [0, 0.1) is 40.0 Å². The van der Waals surface area contributed by atoms with Crippen LogP contribution >= 0.6 is 8.60 Å². The molecule has 1 unspecified atom stereocenters. The first kappa shape index (κ1) is 99.5. The molecule has 0 aromatic heterocycles.